The van der Waals surface area contributed by atoms with Gasteiger partial charge in [0.15, 0.2) is 0 Å². The van der Waals surface area contributed by atoms with Crippen molar-refractivity contribution in [2.75, 3.05) is 18.1 Å². The average Bonchev–Trinajstić information content (AvgIpc) is 3.08. The number of carbonyl (C=O) groups is 3. The second kappa shape index (κ2) is 22.0. The first-order chi connectivity index (χ1) is 23.7. The van der Waals surface area contributed by atoms with Gasteiger partial charge in [-0.2, -0.15) is 0 Å². The average molecular weight is 673 g/mol. The van der Waals surface area contributed by atoms with E-state index in [0.29, 0.717) is 47.9 Å². The number of esters is 2. The first-order valence-corrected chi connectivity index (χ1v) is 17.6. The lowest BCUT2D eigenvalue weighted by molar-refractivity contribution is -0.134. The number of carboxylic acid groups (broad SMARTS) is 1. The van der Waals surface area contributed by atoms with Gasteiger partial charge in [-0.3, -0.25) is 4.79 Å². The molecule has 0 aliphatic rings. The second-order valence-electron chi connectivity index (χ2n) is 12.3. The highest BCUT2D eigenvalue weighted by atomic mass is 16.5. The highest BCUT2D eigenvalue weighted by Gasteiger charge is 2.14. The van der Waals surface area contributed by atoms with Gasteiger partial charge in [-0.05, 0) is 91.4 Å². The van der Waals surface area contributed by atoms with Gasteiger partial charge in [0.05, 0.1) is 12.2 Å². The third kappa shape index (κ3) is 15.3. The topological polar surface area (TPSA) is 151 Å². The summed E-state index contributed by atoms with van der Waals surface area (Å²) in [5.74, 6) is -0.164. The quantitative estimate of drug-likeness (QED) is 0.0294. The monoisotopic (exact) mass is 672 g/mol. The van der Waals surface area contributed by atoms with Crippen LogP contribution in [0.4, 0.5) is 11.4 Å². The third-order valence-corrected chi connectivity index (χ3v) is 8.18. The summed E-state index contributed by atoms with van der Waals surface area (Å²) in [6, 6.07) is 17.1. The molecule has 0 spiro atoms. The molecule has 9 nitrogen and oxygen atoms in total. The van der Waals surface area contributed by atoms with Crippen molar-refractivity contribution in [1.82, 2.24) is 0 Å². The molecule has 5 N–H and O–H groups in total. The van der Waals surface area contributed by atoms with Crippen LogP contribution in [0.5, 0.6) is 17.2 Å². The zero-order valence-corrected chi connectivity index (χ0v) is 28.8. The van der Waals surface area contributed by atoms with Crippen LogP contribution in [-0.4, -0.2) is 29.6 Å². The van der Waals surface area contributed by atoms with Gasteiger partial charge in [0.1, 0.15) is 17.2 Å². The van der Waals surface area contributed by atoms with Crippen molar-refractivity contribution < 1.29 is 33.7 Å². The standard InChI is InChI=1S/C40H52N2O7/c1-2-3-4-13-16-38(43)48-33-22-24-34(25-23-33)49-39(44)26-19-30-17-20-32(21-18-30)47-27-14-11-9-7-5-6-8-10-12-15-35-36(40(45)46)28-31(41)29-37(35)42/h17-26,28-29H,2-16,27,41-42H2,1H3,(H,45,46)/b26-19+. The van der Waals surface area contributed by atoms with Crippen molar-refractivity contribution in [3.63, 3.8) is 0 Å². The fraction of sp³-hybridized carbons (Fsp3) is 0.425. The number of aromatic carboxylic acids is 1. The van der Waals surface area contributed by atoms with Crippen LogP contribution in [0.2, 0.25) is 0 Å². The van der Waals surface area contributed by atoms with Crippen LogP contribution >= 0.6 is 0 Å². The summed E-state index contributed by atoms with van der Waals surface area (Å²) in [6.07, 6.45) is 18.1. The van der Waals surface area contributed by atoms with E-state index in [-0.39, 0.29) is 11.5 Å². The Morgan fingerprint density at radius 2 is 1.27 bits per heavy atom. The van der Waals surface area contributed by atoms with Gasteiger partial charge in [0, 0.05) is 23.9 Å². The van der Waals surface area contributed by atoms with E-state index in [2.05, 4.69) is 6.92 Å². The molecule has 0 radical (unpaired) electrons. The first kappa shape index (κ1) is 38.7. The van der Waals surface area contributed by atoms with Crippen LogP contribution in [0.1, 0.15) is 118 Å². The highest BCUT2D eigenvalue weighted by molar-refractivity contribution is 5.92. The van der Waals surface area contributed by atoms with E-state index in [4.69, 9.17) is 25.7 Å². The van der Waals surface area contributed by atoms with Gasteiger partial charge in [0.25, 0.3) is 0 Å². The Kier molecular flexibility index (Phi) is 17.3. The van der Waals surface area contributed by atoms with E-state index in [1.807, 2.05) is 24.3 Å². The van der Waals surface area contributed by atoms with Gasteiger partial charge in [-0.1, -0.05) is 83.3 Å². The molecule has 0 unspecified atom stereocenters. The summed E-state index contributed by atoms with van der Waals surface area (Å²) in [4.78, 5) is 35.7. The maximum absolute atomic E-state index is 12.3. The molecule has 0 atom stereocenters. The number of benzene rings is 3. The molecule has 0 aliphatic heterocycles. The van der Waals surface area contributed by atoms with Crippen molar-refractivity contribution in [3.8, 4) is 17.2 Å². The molecule has 0 aromatic heterocycles. The molecule has 3 rings (SSSR count). The summed E-state index contributed by atoms with van der Waals surface area (Å²) in [5, 5.41) is 9.43. The fourth-order valence-corrected chi connectivity index (χ4v) is 5.46. The number of nitrogens with two attached hydrogens (primary N) is 2. The minimum atomic E-state index is -0.989. The molecule has 0 amide bonds. The van der Waals surface area contributed by atoms with Crippen LogP contribution in [0.25, 0.3) is 6.08 Å². The zero-order valence-electron chi connectivity index (χ0n) is 28.8. The Hall–Kier alpha value is -4.79. The molecular formula is C40H52N2O7. The molecule has 3 aromatic carbocycles. The Bertz CT molecular complexity index is 1480. The molecular weight excluding hydrogens is 620 g/mol. The van der Waals surface area contributed by atoms with Gasteiger partial charge in [-0.15, -0.1) is 0 Å². The number of carbonyl (C=O) groups excluding carboxylic acids is 2. The van der Waals surface area contributed by atoms with Crippen LogP contribution in [0, 0.1) is 0 Å². The van der Waals surface area contributed by atoms with Crippen molar-refractivity contribution in [2.45, 2.75) is 103 Å². The third-order valence-electron chi connectivity index (χ3n) is 8.18. The molecule has 0 saturated heterocycles. The summed E-state index contributed by atoms with van der Waals surface area (Å²) in [7, 11) is 0. The minimum absolute atomic E-state index is 0.209. The number of carboxylic acids is 1. The van der Waals surface area contributed by atoms with Gasteiger partial charge < -0.3 is 30.8 Å². The summed E-state index contributed by atoms with van der Waals surface area (Å²) >= 11 is 0. The molecule has 264 valence electrons. The molecule has 49 heavy (non-hydrogen) atoms. The Morgan fingerprint density at radius 1 is 0.694 bits per heavy atom. The van der Waals surface area contributed by atoms with Crippen LogP contribution in [0.3, 0.4) is 0 Å². The molecule has 3 aromatic rings. The Balaban J connectivity index is 1.21. The van der Waals surface area contributed by atoms with Crippen LogP contribution < -0.4 is 25.7 Å². The van der Waals surface area contributed by atoms with Crippen LogP contribution in [-0.2, 0) is 16.0 Å². The Morgan fingerprint density at radius 3 is 1.90 bits per heavy atom. The molecule has 0 saturated carbocycles. The Labute approximate surface area is 290 Å². The highest BCUT2D eigenvalue weighted by Crippen LogP contribution is 2.24. The largest absolute Gasteiger partial charge is 0.494 e. The van der Waals surface area contributed by atoms with Crippen molar-refractivity contribution in [3.05, 3.63) is 83.4 Å². The van der Waals surface area contributed by atoms with Crippen LogP contribution in [0.15, 0.2) is 66.7 Å². The number of hydrogen-bond donors (Lipinski definition) is 3. The fourth-order valence-electron chi connectivity index (χ4n) is 5.46. The predicted octanol–water partition coefficient (Wildman–Crippen LogP) is 9.18. The summed E-state index contributed by atoms with van der Waals surface area (Å²) in [5.41, 5.74) is 14.3. The lowest BCUT2D eigenvalue weighted by Crippen LogP contribution is -2.07. The van der Waals surface area contributed by atoms with Crippen molar-refractivity contribution in [2.24, 2.45) is 0 Å². The van der Waals surface area contributed by atoms with Crippen molar-refractivity contribution in [1.29, 1.82) is 0 Å². The first-order valence-electron chi connectivity index (χ1n) is 17.6. The van der Waals surface area contributed by atoms with Gasteiger partial charge in [-0.25, -0.2) is 9.59 Å². The maximum Gasteiger partial charge on any atom is 0.336 e. The normalized spacial score (nSPS) is 11.0. The van der Waals surface area contributed by atoms with E-state index < -0.39 is 11.9 Å². The number of nitrogen functional groups attached to an aromatic ring is 2. The summed E-state index contributed by atoms with van der Waals surface area (Å²) in [6.45, 7) is 2.78. The van der Waals surface area contributed by atoms with E-state index >= 15 is 0 Å². The number of unbranched alkanes of at least 4 members (excludes halogenated alkanes) is 11. The number of hydrogen-bond acceptors (Lipinski definition) is 8. The predicted molar refractivity (Wildman–Crippen MR) is 195 cm³/mol. The van der Waals surface area contributed by atoms with Crippen molar-refractivity contribution >= 4 is 35.4 Å². The lowest BCUT2D eigenvalue weighted by atomic mass is 9.98. The number of rotatable bonds is 23. The van der Waals surface area contributed by atoms with E-state index in [1.165, 1.54) is 37.8 Å². The maximum atomic E-state index is 12.3. The van der Waals surface area contributed by atoms with Gasteiger partial charge in [0.2, 0.25) is 0 Å². The lowest BCUT2D eigenvalue weighted by Gasteiger charge is -2.11. The number of anilines is 2. The molecule has 0 fully saturated rings. The molecule has 9 heteroatoms. The molecule has 0 aliphatic carbocycles. The molecule has 0 heterocycles. The smallest absolute Gasteiger partial charge is 0.336 e. The number of ether oxygens (including phenoxy) is 3. The minimum Gasteiger partial charge on any atom is -0.494 e. The second-order valence-corrected chi connectivity index (χ2v) is 12.3. The summed E-state index contributed by atoms with van der Waals surface area (Å²) < 4.78 is 16.6. The zero-order chi connectivity index (χ0) is 35.3. The van der Waals surface area contributed by atoms with E-state index in [0.717, 1.165) is 69.1 Å². The van der Waals surface area contributed by atoms with Gasteiger partial charge >= 0.3 is 17.9 Å². The molecule has 0 bridgehead atoms. The van der Waals surface area contributed by atoms with E-state index in [9.17, 15) is 19.5 Å². The van der Waals surface area contributed by atoms with E-state index in [1.54, 1.807) is 36.4 Å². The SMILES string of the molecule is CCCCCCC(=O)Oc1ccc(OC(=O)/C=C/c2ccc(OCCCCCCCCCCCc3c(N)cc(N)cc3C(=O)O)cc2)cc1.